The number of benzene rings is 18. The Balaban J connectivity index is 0.706. The highest BCUT2D eigenvalue weighted by atomic mass is 19.4. The second-order valence-corrected chi connectivity index (χ2v) is 35.7. The van der Waals surface area contributed by atoms with Gasteiger partial charge in [-0.05, 0) is 286 Å². The summed E-state index contributed by atoms with van der Waals surface area (Å²) in [7, 11) is 0. The highest BCUT2D eigenvalue weighted by Gasteiger charge is 2.41. The van der Waals surface area contributed by atoms with E-state index in [2.05, 4.69) is 42.5 Å². The van der Waals surface area contributed by atoms with E-state index in [4.69, 9.17) is 0 Å². The first-order chi connectivity index (χ1) is 66.4. The predicted octanol–water partition coefficient (Wildman–Crippen LogP) is 34.4. The number of alkyl halides is 12. The van der Waals surface area contributed by atoms with E-state index < -0.39 is 58.1 Å². The average Bonchev–Trinajstić information content (AvgIpc) is 1.55. The van der Waals surface area contributed by atoms with E-state index in [0.717, 1.165) is 146 Å². The molecule has 0 saturated heterocycles. The van der Waals surface area contributed by atoms with Crippen LogP contribution in [-0.4, -0.2) is 18.3 Å². The van der Waals surface area contributed by atoms with Gasteiger partial charge >= 0.3 is 24.7 Å². The Morgan fingerprint density at radius 1 is 0.217 bits per heavy atom. The second kappa shape index (κ2) is 32.8. The number of para-hydroxylation sites is 2. The van der Waals surface area contributed by atoms with Crippen LogP contribution in [0.2, 0.25) is 0 Å². The molecule has 0 unspecified atom stereocenters. The molecule has 0 aliphatic heterocycles. The van der Waals surface area contributed by atoms with Gasteiger partial charge < -0.3 is 18.3 Å². The van der Waals surface area contributed by atoms with Crippen molar-refractivity contribution in [3.63, 3.8) is 0 Å². The summed E-state index contributed by atoms with van der Waals surface area (Å²) in [6.45, 7) is 9.99. The van der Waals surface area contributed by atoms with Crippen LogP contribution in [0.3, 0.4) is 0 Å². The van der Waals surface area contributed by atoms with Crippen LogP contribution in [0.1, 0.15) is 72.3 Å². The number of aryl methyl sites for hydroxylation is 5. The third-order valence-electron chi connectivity index (χ3n) is 27.0. The Morgan fingerprint density at radius 2 is 0.522 bits per heavy atom. The number of nitrogens with zero attached hydrogens (tertiary/aromatic N) is 6. The van der Waals surface area contributed by atoms with Crippen molar-refractivity contribution in [2.24, 2.45) is 0 Å². The first-order valence-electron chi connectivity index (χ1n) is 44.8. The topological polar surface area (TPSA) is 67.3 Å². The zero-order valence-corrected chi connectivity index (χ0v) is 74.5. The number of nitriles is 2. The fourth-order valence-electron chi connectivity index (χ4n) is 20.6. The quantitative estimate of drug-likeness (QED) is 0.102. The molecule has 0 fully saturated rings. The van der Waals surface area contributed by atoms with E-state index >= 15 is 52.7 Å². The summed E-state index contributed by atoms with van der Waals surface area (Å²) in [6.07, 6.45) is -20.6. The smallest absolute Gasteiger partial charge is 0.308 e. The summed E-state index contributed by atoms with van der Waals surface area (Å²) in [5, 5.41) is 28.5. The molecule has 0 N–H and O–H groups in total. The molecule has 4 heterocycles. The molecular formula is C120H76F12N6. The molecule has 0 amide bonds. The largest absolute Gasteiger partial charge is 0.416 e. The molecule has 670 valence electrons. The first-order valence-corrected chi connectivity index (χ1v) is 44.8. The molecular weight excluding hydrogens is 1750 g/mol. The molecule has 0 radical (unpaired) electrons. The van der Waals surface area contributed by atoms with Gasteiger partial charge in [-0.25, -0.2) is 0 Å². The fourth-order valence-corrected chi connectivity index (χ4v) is 20.6. The second-order valence-electron chi connectivity index (χ2n) is 35.7. The van der Waals surface area contributed by atoms with E-state index in [1.54, 1.807) is 24.3 Å². The summed E-state index contributed by atoms with van der Waals surface area (Å²) >= 11 is 0. The molecule has 4 aromatic heterocycles. The van der Waals surface area contributed by atoms with Crippen molar-refractivity contribution in [2.45, 2.75) is 65.7 Å². The molecule has 18 heteroatoms. The van der Waals surface area contributed by atoms with Crippen molar-refractivity contribution in [3.05, 3.63) is 430 Å². The number of rotatable bonds is 14. The zero-order valence-electron chi connectivity index (χ0n) is 74.5. The van der Waals surface area contributed by atoms with E-state index in [-0.39, 0.29) is 57.1 Å². The Morgan fingerprint density at radius 3 is 0.891 bits per heavy atom. The summed E-state index contributed by atoms with van der Waals surface area (Å²) in [6, 6.07) is 110. The number of aromatic nitrogens is 4. The number of fused-ring (bicyclic) bond motifs is 12. The van der Waals surface area contributed by atoms with Crippen LogP contribution in [0, 0.1) is 57.3 Å². The highest BCUT2D eigenvalue weighted by Crippen LogP contribution is 2.52. The molecule has 0 saturated carbocycles. The Labute approximate surface area is 783 Å². The van der Waals surface area contributed by atoms with Crippen LogP contribution >= 0.6 is 0 Å². The lowest BCUT2D eigenvalue weighted by Gasteiger charge is -2.22. The van der Waals surface area contributed by atoms with Gasteiger partial charge in [0.1, 0.15) is 0 Å². The van der Waals surface area contributed by atoms with Gasteiger partial charge in [-0.3, -0.25) is 0 Å². The summed E-state index contributed by atoms with van der Waals surface area (Å²) in [5.41, 5.74) is 14.8. The van der Waals surface area contributed by atoms with Gasteiger partial charge in [0, 0.05) is 54.2 Å². The maximum Gasteiger partial charge on any atom is 0.416 e. The van der Waals surface area contributed by atoms with Crippen molar-refractivity contribution in [1.29, 1.82) is 10.5 Å². The minimum Gasteiger partial charge on any atom is -0.308 e. The SMILES string of the molecule is Cc1cccc(-c2ccc3c4ccccc4n(-c4cc(C#N)cc(-n5c6ccccc6c6ccc(-c7cccc(Cc8ccc(C)c(-c9ccc%10c(c9)c9cc(-c%11ccccc%11C)ccc9n%10-c9cc(C#N)cc(-n%10c%11ccc(-c%12ccccc%12C)cc%11c%11cc(-c%12ccccc%12C)ccc%11%10)c9-c9cc(C(F)(F)F)cc(C(F)(F)F)c9)c8)c7)cc65)c4-c4cc(C(F)(F)F)cc(C(F)(F)F)c4)c3c2)c1. The maximum absolute atomic E-state index is 15.7. The first kappa shape index (κ1) is 86.7. The van der Waals surface area contributed by atoms with Gasteiger partial charge in [0.15, 0.2) is 0 Å². The maximum atomic E-state index is 15.7. The van der Waals surface area contributed by atoms with Gasteiger partial charge in [-0.15, -0.1) is 0 Å². The van der Waals surface area contributed by atoms with E-state index in [1.807, 2.05) is 308 Å². The molecule has 138 heavy (non-hydrogen) atoms. The molecule has 0 aliphatic rings. The van der Waals surface area contributed by atoms with E-state index in [1.165, 1.54) is 12.1 Å². The van der Waals surface area contributed by atoms with Gasteiger partial charge in [-0.2, -0.15) is 63.2 Å². The molecule has 22 aromatic rings. The van der Waals surface area contributed by atoms with Crippen molar-refractivity contribution in [3.8, 4) is 124 Å². The normalized spacial score (nSPS) is 12.3. The number of hydrogen-bond acceptors (Lipinski definition) is 2. The summed E-state index contributed by atoms with van der Waals surface area (Å²) < 4.78 is 194. The molecule has 0 bridgehead atoms. The standard InChI is InChI=1S/C120H76F12N6/c1-68-18-16-23-77(46-68)79-34-40-96-94-28-12-14-30-103(94)137(109(96)62-79)113-52-76(67-134)53-114(116(113)86-56-89(119(127,128)129)65-90(57-86)120(130,131)132)138-104-31-15-13-29-95(104)97-41-35-80(63-110(97)138)78-24-17-22-73(48-78)47-74-33-32-72(5)98(49-74)84-39-45-108-102(61-84)101-60-83(93-27-11-8-21-71(93)4)38-44-107(101)136(108)112-51-75(66-133)50-111(115(112)85-54-87(117(121,122)123)64-88(55-85)118(124,125)126)135-105-42-36-81(91-25-9-6-19-69(91)2)58-99(105)100-59-82(37-43-106(100)135)92-26-10-7-20-70(92)3/h6-46,48-65H,47H2,1-5H3. The van der Waals surface area contributed by atoms with Gasteiger partial charge in [-0.1, -0.05) is 230 Å². The number of hydrogen-bond donors (Lipinski definition) is 0. The van der Waals surface area contributed by atoms with Crippen LogP contribution in [0.5, 0.6) is 0 Å². The highest BCUT2D eigenvalue weighted by molar-refractivity contribution is 6.17. The lowest BCUT2D eigenvalue weighted by atomic mass is 9.93. The number of halogens is 12. The van der Waals surface area contributed by atoms with Crippen molar-refractivity contribution in [2.75, 3.05) is 0 Å². The van der Waals surface area contributed by atoms with Gasteiger partial charge in [0.25, 0.3) is 0 Å². The summed E-state index contributed by atoms with van der Waals surface area (Å²) in [5.74, 6) is 0. The monoisotopic (exact) mass is 1830 g/mol. The zero-order chi connectivity index (χ0) is 95.4. The van der Waals surface area contributed by atoms with Crippen molar-refractivity contribution >= 4 is 87.2 Å². The van der Waals surface area contributed by atoms with Crippen LogP contribution in [-0.2, 0) is 31.1 Å². The third kappa shape index (κ3) is 15.0. The van der Waals surface area contributed by atoms with Crippen LogP contribution in [0.25, 0.3) is 199 Å². The van der Waals surface area contributed by atoms with Crippen LogP contribution in [0.15, 0.2) is 358 Å². The third-order valence-corrected chi connectivity index (χ3v) is 27.0. The van der Waals surface area contributed by atoms with Gasteiger partial charge in [0.2, 0.25) is 0 Å². The lowest BCUT2D eigenvalue weighted by molar-refractivity contribution is -0.144. The molecule has 0 atom stereocenters. The lowest BCUT2D eigenvalue weighted by Crippen LogP contribution is -2.12. The Kier molecular flexibility index (Phi) is 20.6. The fraction of sp³-hybridized carbons (Fsp3) is 0.0833. The van der Waals surface area contributed by atoms with Crippen LogP contribution < -0.4 is 0 Å². The molecule has 0 aliphatic carbocycles. The molecule has 6 nitrogen and oxygen atoms in total. The van der Waals surface area contributed by atoms with Crippen molar-refractivity contribution < 1.29 is 52.7 Å². The van der Waals surface area contributed by atoms with Crippen LogP contribution in [0.4, 0.5) is 52.7 Å². The molecule has 18 aromatic carbocycles. The van der Waals surface area contributed by atoms with Gasteiger partial charge in [0.05, 0.1) is 112 Å². The van der Waals surface area contributed by atoms with Crippen molar-refractivity contribution in [1.82, 2.24) is 18.3 Å². The minimum atomic E-state index is -5.26. The Hall–Kier alpha value is -16.7. The Bertz CT molecular complexity index is 8810. The average molecular weight is 1830 g/mol. The molecule has 22 rings (SSSR count). The molecule has 0 spiro atoms. The minimum absolute atomic E-state index is 0.0186. The predicted molar refractivity (Wildman–Crippen MR) is 530 cm³/mol. The summed E-state index contributed by atoms with van der Waals surface area (Å²) in [4.78, 5) is 0. The van der Waals surface area contributed by atoms with E-state index in [9.17, 15) is 10.5 Å². The van der Waals surface area contributed by atoms with E-state index in [0.29, 0.717) is 77.7 Å².